The zero-order chi connectivity index (χ0) is 15.5. The van der Waals surface area contributed by atoms with Gasteiger partial charge < -0.3 is 9.64 Å². The molecule has 1 aliphatic carbocycles. The Kier molecular flexibility index (Phi) is 4.70. The third-order valence-corrected chi connectivity index (χ3v) is 5.08. The number of piperidine rings is 1. The fourth-order valence-corrected chi connectivity index (χ4v) is 3.52. The lowest BCUT2D eigenvalue weighted by Gasteiger charge is -2.32. The minimum absolute atomic E-state index is 0.129. The smallest absolute Gasteiger partial charge is 0.263 e. The first-order valence-electron chi connectivity index (χ1n) is 8.71. The average molecular weight is 301 g/mol. The van der Waals surface area contributed by atoms with Gasteiger partial charge in [0.25, 0.3) is 5.91 Å². The number of hydrogen-bond acceptors (Lipinski definition) is 2. The second-order valence-corrected chi connectivity index (χ2v) is 6.91. The Morgan fingerprint density at radius 2 is 1.86 bits per heavy atom. The van der Waals surface area contributed by atoms with E-state index in [0.717, 1.165) is 44.0 Å². The Labute approximate surface area is 133 Å². The number of carbonyl (C=O) groups is 1. The molecule has 0 radical (unpaired) electrons. The lowest BCUT2D eigenvalue weighted by atomic mass is 9.92. The summed E-state index contributed by atoms with van der Waals surface area (Å²) in [7, 11) is 0. The Hall–Kier alpha value is -1.51. The van der Waals surface area contributed by atoms with Crippen LogP contribution in [-0.4, -0.2) is 30.0 Å². The monoisotopic (exact) mass is 301 g/mol. The summed E-state index contributed by atoms with van der Waals surface area (Å²) in [6.45, 7) is 5.88. The van der Waals surface area contributed by atoms with Gasteiger partial charge in [-0.25, -0.2) is 0 Å². The van der Waals surface area contributed by atoms with Crippen LogP contribution < -0.4 is 4.74 Å². The Balaban J connectivity index is 1.61. The first kappa shape index (κ1) is 15.4. The van der Waals surface area contributed by atoms with Crippen molar-refractivity contribution in [2.45, 2.75) is 58.5 Å². The van der Waals surface area contributed by atoms with Gasteiger partial charge in [-0.1, -0.05) is 13.0 Å². The molecule has 1 atom stereocenters. The van der Waals surface area contributed by atoms with Crippen LogP contribution in [0.3, 0.4) is 0 Å². The number of amides is 1. The fraction of sp³-hybridized carbons (Fsp3) is 0.632. The normalized spacial score (nSPS) is 20.4. The van der Waals surface area contributed by atoms with Gasteiger partial charge in [0.05, 0.1) is 0 Å². The first-order chi connectivity index (χ1) is 10.6. The second kappa shape index (κ2) is 6.72. The van der Waals surface area contributed by atoms with Crippen LogP contribution in [0.15, 0.2) is 18.2 Å². The van der Waals surface area contributed by atoms with Crippen LogP contribution in [0.1, 0.15) is 50.7 Å². The second-order valence-electron chi connectivity index (χ2n) is 6.91. The average Bonchev–Trinajstić information content (AvgIpc) is 2.55. The largest absolute Gasteiger partial charge is 0.481 e. The molecule has 1 amide bonds. The summed E-state index contributed by atoms with van der Waals surface area (Å²) in [6, 6.07) is 6.33. The minimum atomic E-state index is -0.393. The Morgan fingerprint density at radius 1 is 1.18 bits per heavy atom. The number of nitrogens with zero attached hydrogens (tertiary/aromatic N) is 1. The van der Waals surface area contributed by atoms with Gasteiger partial charge in [-0.05, 0) is 74.6 Å². The van der Waals surface area contributed by atoms with Crippen molar-refractivity contribution >= 4 is 5.91 Å². The quantitative estimate of drug-likeness (QED) is 0.854. The van der Waals surface area contributed by atoms with Crippen LogP contribution in [0, 0.1) is 5.92 Å². The van der Waals surface area contributed by atoms with E-state index >= 15 is 0 Å². The van der Waals surface area contributed by atoms with Gasteiger partial charge in [0.1, 0.15) is 5.75 Å². The van der Waals surface area contributed by atoms with Gasteiger partial charge in [0, 0.05) is 13.1 Å². The summed E-state index contributed by atoms with van der Waals surface area (Å²) in [5.41, 5.74) is 2.85. The molecule has 0 spiro atoms. The van der Waals surface area contributed by atoms with Gasteiger partial charge in [-0.2, -0.15) is 0 Å². The van der Waals surface area contributed by atoms with Crippen LogP contribution in [-0.2, 0) is 17.6 Å². The van der Waals surface area contributed by atoms with Gasteiger partial charge in [0.2, 0.25) is 0 Å². The number of rotatable bonds is 3. The van der Waals surface area contributed by atoms with Crippen LogP contribution in [0.25, 0.3) is 0 Å². The molecule has 1 saturated heterocycles. The van der Waals surface area contributed by atoms with Gasteiger partial charge >= 0.3 is 0 Å². The molecule has 0 bridgehead atoms. The molecule has 0 unspecified atom stereocenters. The van der Waals surface area contributed by atoms with Crippen molar-refractivity contribution in [3.63, 3.8) is 0 Å². The molecule has 0 N–H and O–H groups in total. The summed E-state index contributed by atoms with van der Waals surface area (Å²) in [4.78, 5) is 14.5. The number of benzene rings is 1. The third kappa shape index (κ3) is 3.45. The Morgan fingerprint density at radius 3 is 2.59 bits per heavy atom. The van der Waals surface area contributed by atoms with Crippen LogP contribution in [0.2, 0.25) is 0 Å². The molecular formula is C19H27NO2. The van der Waals surface area contributed by atoms with E-state index in [1.54, 1.807) is 0 Å². The third-order valence-electron chi connectivity index (χ3n) is 5.08. The van der Waals surface area contributed by atoms with E-state index in [4.69, 9.17) is 4.74 Å². The molecule has 1 heterocycles. The first-order valence-corrected chi connectivity index (χ1v) is 8.71. The zero-order valence-electron chi connectivity index (χ0n) is 13.8. The predicted octanol–water partition coefficient (Wildman–Crippen LogP) is 3.59. The van der Waals surface area contributed by atoms with Crippen molar-refractivity contribution in [2.24, 2.45) is 5.92 Å². The SMILES string of the molecule is CC1CCN(C(=O)[C@@H](C)Oc2ccc3c(c2)CCCC3)CC1. The summed E-state index contributed by atoms with van der Waals surface area (Å²) >= 11 is 0. The molecule has 0 saturated carbocycles. The molecule has 2 aliphatic rings. The number of fused-ring (bicyclic) bond motifs is 1. The van der Waals surface area contributed by atoms with E-state index in [1.807, 2.05) is 17.9 Å². The van der Waals surface area contributed by atoms with Crippen molar-refractivity contribution in [3.05, 3.63) is 29.3 Å². The predicted molar refractivity (Wildman–Crippen MR) is 88.2 cm³/mol. The summed E-state index contributed by atoms with van der Waals surface area (Å²) in [5, 5.41) is 0. The number of aryl methyl sites for hydroxylation is 2. The van der Waals surface area contributed by atoms with Crippen LogP contribution >= 0.6 is 0 Å². The maximum atomic E-state index is 12.5. The molecule has 1 aliphatic heterocycles. The molecule has 1 aromatic carbocycles. The van der Waals surface area contributed by atoms with E-state index in [9.17, 15) is 4.79 Å². The van der Waals surface area contributed by atoms with Crippen LogP contribution in [0.4, 0.5) is 0 Å². The van der Waals surface area contributed by atoms with E-state index in [1.165, 1.54) is 30.4 Å². The maximum absolute atomic E-state index is 12.5. The number of likely N-dealkylation sites (tertiary alicyclic amines) is 1. The number of hydrogen-bond donors (Lipinski definition) is 0. The molecule has 3 nitrogen and oxygen atoms in total. The van der Waals surface area contributed by atoms with Crippen LogP contribution in [0.5, 0.6) is 5.75 Å². The van der Waals surface area contributed by atoms with Crippen molar-refractivity contribution in [1.29, 1.82) is 0 Å². The lowest BCUT2D eigenvalue weighted by Crippen LogP contribution is -2.44. The van der Waals surface area contributed by atoms with Crippen molar-refractivity contribution < 1.29 is 9.53 Å². The standard InChI is InChI=1S/C19H27NO2/c1-14-9-11-20(12-10-14)19(21)15(2)22-18-8-7-16-5-3-4-6-17(16)13-18/h7-8,13-15H,3-6,9-12H2,1-2H3/t15-/m1/s1. The minimum Gasteiger partial charge on any atom is -0.481 e. The molecule has 3 heteroatoms. The Bertz CT molecular complexity index is 532. The van der Waals surface area contributed by atoms with Gasteiger partial charge in [-0.3, -0.25) is 4.79 Å². The number of ether oxygens (including phenoxy) is 1. The molecule has 22 heavy (non-hydrogen) atoms. The molecule has 1 aromatic rings. The van der Waals surface area contributed by atoms with E-state index in [2.05, 4.69) is 19.1 Å². The highest BCUT2D eigenvalue weighted by molar-refractivity contribution is 5.81. The maximum Gasteiger partial charge on any atom is 0.263 e. The lowest BCUT2D eigenvalue weighted by molar-refractivity contribution is -0.139. The van der Waals surface area contributed by atoms with E-state index in [0.29, 0.717) is 0 Å². The zero-order valence-corrected chi connectivity index (χ0v) is 13.8. The summed E-state index contributed by atoms with van der Waals surface area (Å²) in [6.07, 6.45) is 6.69. The van der Waals surface area contributed by atoms with Crippen molar-refractivity contribution in [3.8, 4) is 5.75 Å². The highest BCUT2D eigenvalue weighted by Gasteiger charge is 2.25. The highest BCUT2D eigenvalue weighted by Crippen LogP contribution is 2.26. The molecule has 120 valence electrons. The van der Waals surface area contributed by atoms with Gasteiger partial charge in [-0.15, -0.1) is 0 Å². The highest BCUT2D eigenvalue weighted by atomic mass is 16.5. The van der Waals surface area contributed by atoms with Crippen molar-refractivity contribution in [1.82, 2.24) is 4.90 Å². The molecule has 1 fully saturated rings. The topological polar surface area (TPSA) is 29.5 Å². The number of carbonyl (C=O) groups excluding carboxylic acids is 1. The summed E-state index contributed by atoms with van der Waals surface area (Å²) in [5.74, 6) is 1.71. The molecule has 0 aromatic heterocycles. The van der Waals surface area contributed by atoms with Crippen molar-refractivity contribution in [2.75, 3.05) is 13.1 Å². The molecule has 3 rings (SSSR count). The van der Waals surface area contributed by atoms with Gasteiger partial charge in [0.15, 0.2) is 6.10 Å². The molecular weight excluding hydrogens is 274 g/mol. The summed E-state index contributed by atoms with van der Waals surface area (Å²) < 4.78 is 5.93. The fourth-order valence-electron chi connectivity index (χ4n) is 3.52. The van der Waals surface area contributed by atoms with E-state index < -0.39 is 6.10 Å². The van der Waals surface area contributed by atoms with E-state index in [-0.39, 0.29) is 5.91 Å².